The molecule has 0 saturated carbocycles. The molecule has 1 N–H and O–H groups in total. The SMILES string of the molecule is CC(=O)N/C(=C\c1ccccc1)C(=O)OCc1nc(-c2cccc(Cl)c2)no1. The van der Waals surface area contributed by atoms with E-state index in [4.69, 9.17) is 20.9 Å². The van der Waals surface area contributed by atoms with Crippen molar-refractivity contribution in [2.24, 2.45) is 0 Å². The number of aromatic nitrogens is 2. The Morgan fingerprint density at radius 2 is 1.96 bits per heavy atom. The fraction of sp³-hybridized carbons (Fsp3) is 0.100. The van der Waals surface area contributed by atoms with Crippen LogP contribution in [0.15, 0.2) is 64.8 Å². The predicted octanol–water partition coefficient (Wildman–Crippen LogP) is 3.61. The lowest BCUT2D eigenvalue weighted by atomic mass is 10.2. The highest BCUT2D eigenvalue weighted by molar-refractivity contribution is 6.30. The molecule has 8 heteroatoms. The molecule has 0 aliphatic heterocycles. The molecular formula is C20H16ClN3O4. The van der Waals surface area contributed by atoms with E-state index in [2.05, 4.69) is 15.5 Å². The summed E-state index contributed by atoms with van der Waals surface area (Å²) >= 11 is 5.95. The molecule has 1 amide bonds. The molecule has 2 aromatic carbocycles. The first-order chi connectivity index (χ1) is 13.5. The summed E-state index contributed by atoms with van der Waals surface area (Å²) < 4.78 is 10.3. The van der Waals surface area contributed by atoms with E-state index in [1.807, 2.05) is 18.2 Å². The number of carbonyl (C=O) groups excluding carboxylic acids is 2. The summed E-state index contributed by atoms with van der Waals surface area (Å²) in [6.45, 7) is 1.07. The number of nitrogens with one attached hydrogen (secondary N) is 1. The molecule has 0 bridgehead atoms. The zero-order chi connectivity index (χ0) is 19.9. The smallest absolute Gasteiger partial charge is 0.355 e. The molecule has 0 aliphatic rings. The summed E-state index contributed by atoms with van der Waals surface area (Å²) in [5.41, 5.74) is 1.43. The number of nitrogens with zero attached hydrogens (tertiary/aromatic N) is 2. The van der Waals surface area contributed by atoms with Crippen molar-refractivity contribution in [2.45, 2.75) is 13.5 Å². The van der Waals surface area contributed by atoms with Gasteiger partial charge < -0.3 is 14.6 Å². The number of hydrogen-bond donors (Lipinski definition) is 1. The molecule has 1 aromatic heterocycles. The van der Waals surface area contributed by atoms with E-state index >= 15 is 0 Å². The Hall–Kier alpha value is -3.45. The maximum Gasteiger partial charge on any atom is 0.355 e. The number of amides is 1. The van der Waals surface area contributed by atoms with E-state index < -0.39 is 5.97 Å². The fourth-order valence-electron chi connectivity index (χ4n) is 2.31. The fourth-order valence-corrected chi connectivity index (χ4v) is 2.51. The third kappa shape index (κ3) is 5.28. The number of rotatable bonds is 6. The summed E-state index contributed by atoms with van der Waals surface area (Å²) in [7, 11) is 0. The van der Waals surface area contributed by atoms with Gasteiger partial charge in [0.1, 0.15) is 5.70 Å². The van der Waals surface area contributed by atoms with Gasteiger partial charge in [0.25, 0.3) is 5.89 Å². The lowest BCUT2D eigenvalue weighted by Crippen LogP contribution is -2.26. The molecule has 0 saturated heterocycles. The van der Waals surface area contributed by atoms with E-state index in [9.17, 15) is 9.59 Å². The van der Waals surface area contributed by atoms with Crippen LogP contribution in [0.1, 0.15) is 18.4 Å². The monoisotopic (exact) mass is 397 g/mol. The Morgan fingerprint density at radius 3 is 2.68 bits per heavy atom. The molecule has 0 spiro atoms. The minimum Gasteiger partial charge on any atom is -0.451 e. The minimum absolute atomic E-state index is 0.00767. The van der Waals surface area contributed by atoms with Crippen LogP contribution >= 0.6 is 11.6 Å². The van der Waals surface area contributed by atoms with Gasteiger partial charge in [0.05, 0.1) is 0 Å². The molecular weight excluding hydrogens is 382 g/mol. The van der Waals surface area contributed by atoms with E-state index in [1.165, 1.54) is 13.0 Å². The van der Waals surface area contributed by atoms with E-state index in [1.54, 1.807) is 36.4 Å². The highest BCUT2D eigenvalue weighted by Gasteiger charge is 2.16. The zero-order valence-electron chi connectivity index (χ0n) is 14.9. The predicted molar refractivity (Wildman–Crippen MR) is 103 cm³/mol. The molecule has 0 unspecified atom stereocenters. The third-order valence-electron chi connectivity index (χ3n) is 3.52. The van der Waals surface area contributed by atoms with Gasteiger partial charge in [-0.2, -0.15) is 4.98 Å². The van der Waals surface area contributed by atoms with Gasteiger partial charge >= 0.3 is 5.97 Å². The van der Waals surface area contributed by atoms with Crippen molar-refractivity contribution in [3.8, 4) is 11.4 Å². The van der Waals surface area contributed by atoms with Gasteiger partial charge in [0.15, 0.2) is 6.61 Å². The first-order valence-electron chi connectivity index (χ1n) is 8.31. The number of benzene rings is 2. The van der Waals surface area contributed by atoms with Crippen molar-refractivity contribution in [1.29, 1.82) is 0 Å². The van der Waals surface area contributed by atoms with Crippen molar-refractivity contribution < 1.29 is 18.8 Å². The average Bonchev–Trinajstić information content (AvgIpc) is 3.15. The zero-order valence-corrected chi connectivity index (χ0v) is 15.6. The van der Waals surface area contributed by atoms with Crippen LogP contribution in [0.4, 0.5) is 0 Å². The summed E-state index contributed by atoms with van der Waals surface area (Å²) in [5, 5.41) is 6.86. The van der Waals surface area contributed by atoms with Crippen LogP contribution in [-0.4, -0.2) is 22.0 Å². The van der Waals surface area contributed by atoms with Gasteiger partial charge in [-0.1, -0.05) is 59.2 Å². The molecule has 3 aromatic rings. The van der Waals surface area contributed by atoms with Gasteiger partial charge in [-0.05, 0) is 23.8 Å². The molecule has 0 fully saturated rings. The first-order valence-corrected chi connectivity index (χ1v) is 8.69. The van der Waals surface area contributed by atoms with Gasteiger partial charge in [-0.3, -0.25) is 4.79 Å². The normalized spacial score (nSPS) is 11.1. The average molecular weight is 398 g/mol. The van der Waals surface area contributed by atoms with E-state index in [0.29, 0.717) is 16.4 Å². The van der Waals surface area contributed by atoms with Crippen LogP contribution in [0, 0.1) is 0 Å². The second kappa shape index (κ2) is 8.96. The molecule has 1 heterocycles. The Morgan fingerprint density at radius 1 is 1.18 bits per heavy atom. The van der Waals surface area contributed by atoms with E-state index in [-0.39, 0.29) is 24.1 Å². The number of ether oxygens (including phenoxy) is 1. The highest BCUT2D eigenvalue weighted by atomic mass is 35.5. The number of halogens is 1. The number of hydrogen-bond acceptors (Lipinski definition) is 6. The molecule has 3 rings (SSSR count). The molecule has 142 valence electrons. The quantitative estimate of drug-likeness (QED) is 0.504. The maximum absolute atomic E-state index is 12.4. The van der Waals surface area contributed by atoms with Crippen molar-refractivity contribution in [3.63, 3.8) is 0 Å². The number of esters is 1. The van der Waals surface area contributed by atoms with Gasteiger partial charge in [-0.15, -0.1) is 0 Å². The maximum atomic E-state index is 12.4. The lowest BCUT2D eigenvalue weighted by molar-refractivity contribution is -0.142. The summed E-state index contributed by atoms with van der Waals surface area (Å²) in [5.74, 6) is -0.664. The molecule has 0 atom stereocenters. The van der Waals surface area contributed by atoms with Gasteiger partial charge in [0.2, 0.25) is 11.7 Å². The number of carbonyl (C=O) groups is 2. The Bertz CT molecular complexity index is 1020. The summed E-state index contributed by atoms with van der Waals surface area (Å²) in [4.78, 5) is 27.9. The van der Waals surface area contributed by atoms with Crippen LogP contribution in [0.5, 0.6) is 0 Å². The first kappa shape index (κ1) is 19.3. The molecule has 28 heavy (non-hydrogen) atoms. The molecule has 0 aliphatic carbocycles. The summed E-state index contributed by atoms with van der Waals surface area (Å²) in [6.07, 6.45) is 1.52. The van der Waals surface area contributed by atoms with Crippen LogP contribution < -0.4 is 5.32 Å². The Balaban J connectivity index is 1.69. The summed E-state index contributed by atoms with van der Waals surface area (Å²) in [6, 6.07) is 16.0. The van der Waals surface area contributed by atoms with Gasteiger partial charge in [0, 0.05) is 17.5 Å². The Kier molecular flexibility index (Phi) is 6.18. The second-order valence-corrected chi connectivity index (χ2v) is 6.18. The minimum atomic E-state index is -0.721. The van der Waals surface area contributed by atoms with Crippen molar-refractivity contribution in [2.75, 3.05) is 0 Å². The second-order valence-electron chi connectivity index (χ2n) is 5.75. The highest BCUT2D eigenvalue weighted by Crippen LogP contribution is 2.20. The largest absolute Gasteiger partial charge is 0.451 e. The van der Waals surface area contributed by atoms with Crippen LogP contribution in [-0.2, 0) is 20.9 Å². The standard InChI is InChI=1S/C20H16ClN3O4/c1-13(25)22-17(10-14-6-3-2-4-7-14)20(26)27-12-18-23-19(24-28-18)15-8-5-9-16(21)11-15/h2-11H,12H2,1H3,(H,22,25)/b17-10-. The topological polar surface area (TPSA) is 94.3 Å². The Labute approximate surface area is 166 Å². The lowest BCUT2D eigenvalue weighted by Gasteiger charge is -2.07. The van der Waals surface area contributed by atoms with Gasteiger partial charge in [-0.25, -0.2) is 4.79 Å². The van der Waals surface area contributed by atoms with Crippen LogP contribution in [0.3, 0.4) is 0 Å². The van der Waals surface area contributed by atoms with Crippen LogP contribution in [0.25, 0.3) is 17.5 Å². The third-order valence-corrected chi connectivity index (χ3v) is 3.75. The van der Waals surface area contributed by atoms with Crippen molar-refractivity contribution >= 4 is 29.6 Å². The van der Waals surface area contributed by atoms with Crippen molar-refractivity contribution in [1.82, 2.24) is 15.5 Å². The van der Waals surface area contributed by atoms with Crippen molar-refractivity contribution in [3.05, 3.63) is 76.8 Å². The molecule has 7 nitrogen and oxygen atoms in total. The van der Waals surface area contributed by atoms with Crippen LogP contribution in [0.2, 0.25) is 5.02 Å². The molecule has 0 radical (unpaired) electrons. The van der Waals surface area contributed by atoms with E-state index in [0.717, 1.165) is 5.56 Å².